The van der Waals surface area contributed by atoms with Crippen LogP contribution in [0, 0.1) is 10.1 Å². The Bertz CT molecular complexity index is 1470. The van der Waals surface area contributed by atoms with Gasteiger partial charge in [0.05, 0.1) is 16.7 Å². The number of nitrogens with zero attached hydrogens (tertiary/aromatic N) is 7. The summed E-state index contributed by atoms with van der Waals surface area (Å²) in [5, 5.41) is 23.2. The minimum atomic E-state index is -0.468. The number of hydrogen-bond donors (Lipinski definition) is 1. The molecular formula is C21H16N8O3. The van der Waals surface area contributed by atoms with E-state index in [4.69, 9.17) is 0 Å². The molecule has 0 bridgehead atoms. The predicted octanol–water partition coefficient (Wildman–Crippen LogP) is 2.77. The topological polar surface area (TPSA) is 133 Å². The highest BCUT2D eigenvalue weighted by Gasteiger charge is 2.18. The van der Waals surface area contributed by atoms with Crippen molar-refractivity contribution in [2.75, 3.05) is 5.32 Å². The lowest BCUT2D eigenvalue weighted by molar-refractivity contribution is -0.384. The zero-order valence-electron chi connectivity index (χ0n) is 16.8. The van der Waals surface area contributed by atoms with Crippen LogP contribution >= 0.6 is 0 Å². The normalized spacial score (nSPS) is 11.2. The first kappa shape index (κ1) is 19.3. The fourth-order valence-electron chi connectivity index (χ4n) is 3.38. The van der Waals surface area contributed by atoms with Gasteiger partial charge in [0.15, 0.2) is 17.1 Å². The van der Waals surface area contributed by atoms with Gasteiger partial charge in [-0.05, 0) is 17.7 Å². The average Bonchev–Trinajstić information content (AvgIpc) is 3.38. The van der Waals surface area contributed by atoms with Crippen molar-refractivity contribution in [2.24, 2.45) is 7.05 Å². The smallest absolute Gasteiger partial charge is 0.269 e. The van der Waals surface area contributed by atoms with E-state index in [0.717, 1.165) is 5.56 Å². The lowest BCUT2D eigenvalue weighted by Gasteiger charge is -2.06. The molecule has 5 rings (SSSR count). The molecule has 0 spiro atoms. The largest absolute Gasteiger partial charge is 0.294 e. The van der Waals surface area contributed by atoms with Gasteiger partial charge < -0.3 is 0 Å². The van der Waals surface area contributed by atoms with Crippen molar-refractivity contribution in [2.45, 2.75) is 6.42 Å². The van der Waals surface area contributed by atoms with Crippen LogP contribution in [0.4, 0.5) is 11.6 Å². The summed E-state index contributed by atoms with van der Waals surface area (Å²) in [6, 6.07) is 15.3. The van der Waals surface area contributed by atoms with Gasteiger partial charge in [-0.2, -0.15) is 14.6 Å². The van der Waals surface area contributed by atoms with Crippen LogP contribution in [0.15, 0.2) is 60.8 Å². The van der Waals surface area contributed by atoms with Gasteiger partial charge in [0.1, 0.15) is 0 Å². The van der Waals surface area contributed by atoms with Crippen LogP contribution in [0.2, 0.25) is 0 Å². The number of aryl methyl sites for hydroxylation is 1. The molecule has 0 aliphatic rings. The third-order valence-corrected chi connectivity index (χ3v) is 4.86. The molecule has 0 saturated heterocycles. The molecule has 32 heavy (non-hydrogen) atoms. The van der Waals surface area contributed by atoms with E-state index in [0.29, 0.717) is 28.1 Å². The van der Waals surface area contributed by atoms with Crippen molar-refractivity contribution in [3.63, 3.8) is 0 Å². The number of hydrogen-bond acceptors (Lipinski definition) is 7. The quantitative estimate of drug-likeness (QED) is 0.336. The van der Waals surface area contributed by atoms with Crippen molar-refractivity contribution in [3.8, 4) is 11.4 Å². The second kappa shape index (κ2) is 7.54. The first-order valence-corrected chi connectivity index (χ1v) is 9.66. The van der Waals surface area contributed by atoms with Crippen LogP contribution in [-0.2, 0) is 18.3 Å². The number of fused-ring (bicyclic) bond motifs is 3. The Morgan fingerprint density at radius 3 is 2.53 bits per heavy atom. The Morgan fingerprint density at radius 2 is 1.81 bits per heavy atom. The zero-order valence-corrected chi connectivity index (χ0v) is 16.8. The van der Waals surface area contributed by atoms with E-state index in [-0.39, 0.29) is 24.0 Å². The van der Waals surface area contributed by atoms with E-state index in [1.165, 1.54) is 16.6 Å². The summed E-state index contributed by atoms with van der Waals surface area (Å²) < 4.78 is 3.05. The van der Waals surface area contributed by atoms with Gasteiger partial charge >= 0.3 is 0 Å². The number of anilines is 1. The maximum Gasteiger partial charge on any atom is 0.269 e. The van der Waals surface area contributed by atoms with Crippen molar-refractivity contribution in [3.05, 3.63) is 76.5 Å². The SMILES string of the molecule is Cn1cc2c(nc(NC(=O)Cc3ccccc3)n3nc(-c4ccc([N+](=O)[O-])cc4)nc23)n1. The van der Waals surface area contributed by atoms with Crippen LogP contribution in [-0.4, -0.2) is 40.2 Å². The second-order valence-electron chi connectivity index (χ2n) is 7.16. The van der Waals surface area contributed by atoms with E-state index in [9.17, 15) is 14.9 Å². The van der Waals surface area contributed by atoms with Gasteiger partial charge in [0.25, 0.3) is 5.69 Å². The van der Waals surface area contributed by atoms with Gasteiger partial charge in [-0.15, -0.1) is 5.10 Å². The van der Waals surface area contributed by atoms with E-state index in [2.05, 4.69) is 25.5 Å². The van der Waals surface area contributed by atoms with Gasteiger partial charge in [-0.1, -0.05) is 30.3 Å². The van der Waals surface area contributed by atoms with E-state index < -0.39 is 4.92 Å². The molecular weight excluding hydrogens is 412 g/mol. The third kappa shape index (κ3) is 3.51. The van der Waals surface area contributed by atoms with Gasteiger partial charge in [-0.3, -0.25) is 24.9 Å². The molecule has 0 atom stereocenters. The number of carbonyl (C=O) groups excluding carboxylic acids is 1. The molecule has 3 heterocycles. The molecule has 0 aliphatic heterocycles. The molecule has 1 N–H and O–H groups in total. The summed E-state index contributed by atoms with van der Waals surface area (Å²) in [6.07, 6.45) is 1.94. The molecule has 0 radical (unpaired) electrons. The number of carbonyl (C=O) groups is 1. The number of aromatic nitrogens is 6. The van der Waals surface area contributed by atoms with E-state index in [1.54, 1.807) is 30.1 Å². The molecule has 5 aromatic rings. The molecule has 11 nitrogen and oxygen atoms in total. The van der Waals surface area contributed by atoms with Crippen LogP contribution < -0.4 is 5.32 Å². The maximum absolute atomic E-state index is 12.6. The third-order valence-electron chi connectivity index (χ3n) is 4.86. The van der Waals surface area contributed by atoms with Gasteiger partial charge in [0, 0.05) is 30.9 Å². The molecule has 158 valence electrons. The van der Waals surface area contributed by atoms with E-state index in [1.807, 2.05) is 30.3 Å². The van der Waals surface area contributed by atoms with Crippen molar-refractivity contribution < 1.29 is 9.72 Å². The monoisotopic (exact) mass is 428 g/mol. The summed E-state index contributed by atoms with van der Waals surface area (Å²) in [4.78, 5) is 32.1. The van der Waals surface area contributed by atoms with Crippen LogP contribution in [0.3, 0.4) is 0 Å². The number of nitro groups is 1. The standard InChI is InChI=1S/C21H16N8O3/c1-27-12-16-19(25-27)24-21(22-17(30)11-13-5-3-2-4-6-13)28-20(16)23-18(26-28)14-7-9-15(10-8-14)29(31)32/h2-10,12H,11H2,1H3,(H,22,24,25,30). The van der Waals surface area contributed by atoms with Gasteiger partial charge in [0.2, 0.25) is 11.9 Å². The Kier molecular flexibility index (Phi) is 4.55. The number of nitrogens with one attached hydrogen (secondary N) is 1. The summed E-state index contributed by atoms with van der Waals surface area (Å²) in [7, 11) is 1.76. The number of rotatable bonds is 5. The average molecular weight is 428 g/mol. The Hall–Kier alpha value is -4.67. The molecule has 11 heteroatoms. The molecule has 3 aromatic heterocycles. The lowest BCUT2D eigenvalue weighted by atomic mass is 10.1. The maximum atomic E-state index is 12.6. The minimum absolute atomic E-state index is 0.0253. The summed E-state index contributed by atoms with van der Waals surface area (Å²) in [5.41, 5.74) is 2.31. The molecule has 0 aliphatic carbocycles. The highest BCUT2D eigenvalue weighted by Crippen LogP contribution is 2.25. The molecule has 0 fully saturated rings. The highest BCUT2D eigenvalue weighted by molar-refractivity contribution is 5.95. The van der Waals surface area contributed by atoms with Crippen LogP contribution in [0.1, 0.15) is 5.56 Å². The summed E-state index contributed by atoms with van der Waals surface area (Å²) >= 11 is 0. The Labute approximate surface area is 180 Å². The number of amides is 1. The first-order valence-electron chi connectivity index (χ1n) is 9.66. The summed E-state index contributed by atoms with van der Waals surface area (Å²) in [5.74, 6) is 0.275. The molecule has 0 saturated carbocycles. The van der Waals surface area contributed by atoms with Crippen molar-refractivity contribution >= 4 is 34.2 Å². The Morgan fingerprint density at radius 1 is 1.06 bits per heavy atom. The predicted molar refractivity (Wildman–Crippen MR) is 116 cm³/mol. The molecule has 1 amide bonds. The van der Waals surface area contributed by atoms with Crippen LogP contribution in [0.5, 0.6) is 0 Å². The number of non-ortho nitro benzene ring substituents is 1. The van der Waals surface area contributed by atoms with E-state index >= 15 is 0 Å². The molecule has 2 aromatic carbocycles. The van der Waals surface area contributed by atoms with Crippen molar-refractivity contribution in [1.29, 1.82) is 0 Å². The first-order chi connectivity index (χ1) is 15.5. The van der Waals surface area contributed by atoms with Crippen molar-refractivity contribution in [1.82, 2.24) is 29.4 Å². The minimum Gasteiger partial charge on any atom is -0.294 e. The molecule has 0 unspecified atom stereocenters. The summed E-state index contributed by atoms with van der Waals surface area (Å²) in [6.45, 7) is 0. The zero-order chi connectivity index (χ0) is 22.2. The lowest BCUT2D eigenvalue weighted by Crippen LogP contribution is -2.18. The van der Waals surface area contributed by atoms with Crippen LogP contribution in [0.25, 0.3) is 28.1 Å². The second-order valence-corrected chi connectivity index (χ2v) is 7.16. The number of nitro benzene ring substituents is 1. The highest BCUT2D eigenvalue weighted by atomic mass is 16.6. The van der Waals surface area contributed by atoms with Gasteiger partial charge in [-0.25, -0.2) is 4.98 Å². The number of benzene rings is 2. The fourth-order valence-corrected chi connectivity index (χ4v) is 3.38. The Balaban J connectivity index is 1.57. The fraction of sp³-hybridized carbons (Fsp3) is 0.0952.